The Morgan fingerprint density at radius 1 is 1.50 bits per heavy atom. The van der Waals surface area contributed by atoms with Gasteiger partial charge in [0.05, 0.1) is 6.07 Å². The Balaban J connectivity index is 1.66. The predicted octanol–water partition coefficient (Wildman–Crippen LogP) is 0.0497. The lowest BCUT2D eigenvalue weighted by atomic mass is 10.4. The van der Waals surface area contributed by atoms with Crippen LogP contribution in [0.3, 0.4) is 0 Å². The lowest BCUT2D eigenvalue weighted by Crippen LogP contribution is -2.29. The fourth-order valence-corrected chi connectivity index (χ4v) is 2.33. The summed E-state index contributed by atoms with van der Waals surface area (Å²) in [5, 5.41) is 11.8. The maximum Gasteiger partial charge on any atom is 0.0635 e. The van der Waals surface area contributed by atoms with Gasteiger partial charge in [-0.2, -0.15) is 5.26 Å². The molecule has 2 aliphatic rings. The van der Waals surface area contributed by atoms with Crippen molar-refractivity contribution in [2.45, 2.75) is 12.5 Å². The second-order valence-corrected chi connectivity index (χ2v) is 3.94. The van der Waals surface area contributed by atoms with Gasteiger partial charge in [0.25, 0.3) is 0 Å². The third-order valence-electron chi connectivity index (χ3n) is 2.99. The van der Waals surface area contributed by atoms with Crippen LogP contribution in [0.15, 0.2) is 0 Å². The molecular weight excluding hydrogens is 150 g/mol. The van der Waals surface area contributed by atoms with E-state index in [4.69, 9.17) is 5.26 Å². The molecule has 66 valence electrons. The molecule has 3 nitrogen and oxygen atoms in total. The molecule has 3 heteroatoms. The minimum atomic E-state index is 0.645. The van der Waals surface area contributed by atoms with Crippen molar-refractivity contribution in [3.05, 3.63) is 0 Å². The summed E-state index contributed by atoms with van der Waals surface area (Å²) in [6.07, 6.45) is 0.645. The number of fused-ring (bicyclic) bond motifs is 1. The average molecular weight is 165 g/mol. The molecule has 2 unspecified atom stereocenters. The summed E-state index contributed by atoms with van der Waals surface area (Å²) in [5.41, 5.74) is 0. The molecule has 0 amide bonds. The molecule has 0 aromatic heterocycles. The van der Waals surface area contributed by atoms with Crippen LogP contribution in [-0.4, -0.2) is 37.6 Å². The van der Waals surface area contributed by atoms with Crippen molar-refractivity contribution in [2.75, 3.05) is 26.7 Å². The van der Waals surface area contributed by atoms with E-state index in [1.807, 2.05) is 0 Å². The number of nitriles is 1. The molecule has 1 saturated heterocycles. The monoisotopic (exact) mass is 165 g/mol. The van der Waals surface area contributed by atoms with Gasteiger partial charge in [-0.3, -0.25) is 0 Å². The van der Waals surface area contributed by atoms with E-state index in [1.165, 1.54) is 13.1 Å². The predicted molar refractivity (Wildman–Crippen MR) is 46.5 cm³/mol. The maximum absolute atomic E-state index is 8.35. The third-order valence-corrected chi connectivity index (χ3v) is 2.99. The topological polar surface area (TPSA) is 39.1 Å². The van der Waals surface area contributed by atoms with Crippen molar-refractivity contribution in [1.29, 1.82) is 5.26 Å². The fraction of sp³-hybridized carbons (Fsp3) is 0.889. The van der Waals surface area contributed by atoms with Crippen molar-refractivity contribution < 1.29 is 0 Å². The van der Waals surface area contributed by atoms with Crippen molar-refractivity contribution >= 4 is 0 Å². The molecule has 0 aromatic rings. The summed E-state index contributed by atoms with van der Waals surface area (Å²) < 4.78 is 0. The van der Waals surface area contributed by atoms with E-state index in [9.17, 15) is 0 Å². The van der Waals surface area contributed by atoms with E-state index in [-0.39, 0.29) is 0 Å². The molecule has 0 radical (unpaired) electrons. The maximum atomic E-state index is 8.35. The van der Waals surface area contributed by atoms with Gasteiger partial charge < -0.3 is 10.2 Å². The van der Waals surface area contributed by atoms with E-state index in [0.717, 1.165) is 24.4 Å². The molecule has 2 atom stereocenters. The Morgan fingerprint density at radius 3 is 2.75 bits per heavy atom. The molecule has 2 rings (SSSR count). The molecule has 0 aromatic carbocycles. The van der Waals surface area contributed by atoms with Gasteiger partial charge in [-0.25, -0.2) is 0 Å². The third kappa shape index (κ3) is 1.33. The summed E-state index contributed by atoms with van der Waals surface area (Å²) in [7, 11) is 2.18. The van der Waals surface area contributed by atoms with Gasteiger partial charge in [-0.15, -0.1) is 0 Å². The second-order valence-electron chi connectivity index (χ2n) is 3.94. The van der Waals surface area contributed by atoms with Crippen LogP contribution in [0.1, 0.15) is 6.42 Å². The zero-order valence-electron chi connectivity index (χ0n) is 7.45. The van der Waals surface area contributed by atoms with Crippen LogP contribution in [0, 0.1) is 23.2 Å². The Labute approximate surface area is 73.3 Å². The number of rotatable bonds is 3. The molecule has 1 aliphatic carbocycles. The van der Waals surface area contributed by atoms with Crippen molar-refractivity contribution in [3.63, 3.8) is 0 Å². The summed E-state index contributed by atoms with van der Waals surface area (Å²) in [6, 6.07) is 2.88. The van der Waals surface area contributed by atoms with Crippen LogP contribution in [0.5, 0.6) is 0 Å². The van der Waals surface area contributed by atoms with Gasteiger partial charge in [-0.1, -0.05) is 0 Å². The van der Waals surface area contributed by atoms with Gasteiger partial charge >= 0.3 is 0 Å². The standard InChI is InChI=1S/C9H15N3/c1-12-5-7-8(6-12)9(7)11-4-2-3-10/h7-9,11H,2,4-6H2,1H3. The highest BCUT2D eigenvalue weighted by molar-refractivity contribution is 5.09. The molecule has 12 heavy (non-hydrogen) atoms. The highest BCUT2D eigenvalue weighted by Gasteiger charge is 2.54. The number of nitrogens with zero attached hydrogens (tertiary/aromatic N) is 2. The molecule has 2 fully saturated rings. The van der Waals surface area contributed by atoms with Crippen LogP contribution >= 0.6 is 0 Å². The van der Waals surface area contributed by atoms with Crippen LogP contribution < -0.4 is 5.32 Å². The quantitative estimate of drug-likeness (QED) is 0.601. The smallest absolute Gasteiger partial charge is 0.0635 e. The van der Waals surface area contributed by atoms with Gasteiger partial charge in [0.2, 0.25) is 0 Å². The largest absolute Gasteiger partial charge is 0.312 e. The normalized spacial score (nSPS) is 39.2. The molecule has 1 heterocycles. The lowest BCUT2D eigenvalue weighted by Gasteiger charge is -2.12. The van der Waals surface area contributed by atoms with Gasteiger partial charge in [0, 0.05) is 32.1 Å². The van der Waals surface area contributed by atoms with Gasteiger partial charge in [0.1, 0.15) is 0 Å². The first-order valence-corrected chi connectivity index (χ1v) is 4.62. The first-order valence-electron chi connectivity index (χ1n) is 4.62. The highest BCUT2D eigenvalue weighted by Crippen LogP contribution is 2.44. The number of hydrogen-bond acceptors (Lipinski definition) is 3. The lowest BCUT2D eigenvalue weighted by molar-refractivity contribution is 0.349. The van der Waals surface area contributed by atoms with E-state index in [1.54, 1.807) is 0 Å². The molecule has 0 bridgehead atoms. The summed E-state index contributed by atoms with van der Waals surface area (Å²) in [6.45, 7) is 3.36. The van der Waals surface area contributed by atoms with E-state index < -0.39 is 0 Å². The summed E-state index contributed by atoms with van der Waals surface area (Å²) in [5.74, 6) is 1.77. The molecule has 1 saturated carbocycles. The van der Waals surface area contributed by atoms with E-state index in [0.29, 0.717) is 6.42 Å². The Kier molecular flexibility index (Phi) is 2.03. The minimum absolute atomic E-state index is 0.645. The zero-order valence-corrected chi connectivity index (χ0v) is 7.45. The molecule has 1 N–H and O–H groups in total. The van der Waals surface area contributed by atoms with Gasteiger partial charge in [-0.05, 0) is 18.9 Å². The Hall–Kier alpha value is -0.590. The van der Waals surface area contributed by atoms with E-state index in [2.05, 4.69) is 23.3 Å². The summed E-state index contributed by atoms with van der Waals surface area (Å²) >= 11 is 0. The van der Waals surface area contributed by atoms with Crippen molar-refractivity contribution in [2.24, 2.45) is 11.8 Å². The minimum Gasteiger partial charge on any atom is -0.312 e. The molecule has 0 spiro atoms. The number of hydrogen-bond donors (Lipinski definition) is 1. The highest BCUT2D eigenvalue weighted by atomic mass is 15.2. The SMILES string of the molecule is CN1CC2C(C1)C2NCCC#N. The first-order chi connectivity index (χ1) is 5.83. The molecular formula is C9H15N3. The first kappa shape index (κ1) is 8.03. The molecule has 1 aliphatic heterocycles. The summed E-state index contributed by atoms with van der Waals surface area (Å²) in [4.78, 5) is 2.39. The second kappa shape index (κ2) is 3.04. The zero-order chi connectivity index (χ0) is 8.55. The van der Waals surface area contributed by atoms with Crippen LogP contribution in [-0.2, 0) is 0 Å². The van der Waals surface area contributed by atoms with Crippen molar-refractivity contribution in [1.82, 2.24) is 10.2 Å². The number of likely N-dealkylation sites (tertiary alicyclic amines) is 1. The van der Waals surface area contributed by atoms with Gasteiger partial charge in [0.15, 0.2) is 0 Å². The van der Waals surface area contributed by atoms with Crippen LogP contribution in [0.4, 0.5) is 0 Å². The van der Waals surface area contributed by atoms with Crippen LogP contribution in [0.25, 0.3) is 0 Å². The number of piperidine rings is 1. The Morgan fingerprint density at radius 2 is 2.17 bits per heavy atom. The number of nitrogens with one attached hydrogen (secondary N) is 1. The van der Waals surface area contributed by atoms with E-state index >= 15 is 0 Å². The van der Waals surface area contributed by atoms with Crippen molar-refractivity contribution in [3.8, 4) is 6.07 Å². The average Bonchev–Trinajstić information content (AvgIpc) is 2.53. The van der Waals surface area contributed by atoms with Crippen LogP contribution in [0.2, 0.25) is 0 Å². The fourth-order valence-electron chi connectivity index (χ4n) is 2.33. The Bertz CT molecular complexity index is 196.